The van der Waals surface area contributed by atoms with E-state index in [-0.39, 0.29) is 23.2 Å². The molecule has 0 unspecified atom stereocenters. The van der Waals surface area contributed by atoms with E-state index in [1.54, 1.807) is 18.2 Å². The standard InChI is InChI=1S/C22H21N3O2/c1-14-9-6-11-18(16(14)3)25-22(27)20-13-7-12-19(23-20)21(26)24-17-10-5-4-8-15(17)2/h4-13H,1-3H3,(H,24,26)(H,25,27). The molecule has 0 fully saturated rings. The van der Waals surface area contributed by atoms with Crippen molar-refractivity contribution in [1.82, 2.24) is 4.98 Å². The summed E-state index contributed by atoms with van der Waals surface area (Å²) in [6.07, 6.45) is 0. The number of nitrogens with one attached hydrogen (secondary N) is 2. The second kappa shape index (κ2) is 7.83. The Morgan fingerprint density at radius 1 is 0.667 bits per heavy atom. The molecular weight excluding hydrogens is 338 g/mol. The topological polar surface area (TPSA) is 71.1 Å². The molecule has 0 saturated heterocycles. The molecule has 136 valence electrons. The number of carbonyl (C=O) groups excluding carboxylic acids is 2. The van der Waals surface area contributed by atoms with Gasteiger partial charge in [-0.25, -0.2) is 4.98 Å². The Labute approximate surface area is 158 Å². The number of aryl methyl sites for hydroxylation is 2. The van der Waals surface area contributed by atoms with Crippen LogP contribution in [0.2, 0.25) is 0 Å². The average Bonchev–Trinajstić information content (AvgIpc) is 2.67. The van der Waals surface area contributed by atoms with Gasteiger partial charge in [-0.1, -0.05) is 36.4 Å². The summed E-state index contributed by atoms with van der Waals surface area (Å²) in [7, 11) is 0. The van der Waals surface area contributed by atoms with Crippen LogP contribution >= 0.6 is 0 Å². The molecule has 2 N–H and O–H groups in total. The average molecular weight is 359 g/mol. The van der Waals surface area contributed by atoms with Crippen molar-refractivity contribution in [3.8, 4) is 0 Å². The van der Waals surface area contributed by atoms with E-state index in [2.05, 4.69) is 15.6 Å². The summed E-state index contributed by atoms with van der Waals surface area (Å²) in [6, 6.07) is 18.0. The van der Waals surface area contributed by atoms with Gasteiger partial charge in [-0.05, 0) is 61.7 Å². The van der Waals surface area contributed by atoms with Crippen LogP contribution in [-0.2, 0) is 0 Å². The van der Waals surface area contributed by atoms with Crippen molar-refractivity contribution in [2.45, 2.75) is 20.8 Å². The van der Waals surface area contributed by atoms with Crippen LogP contribution < -0.4 is 10.6 Å². The van der Waals surface area contributed by atoms with Crippen molar-refractivity contribution >= 4 is 23.2 Å². The number of nitrogens with zero attached hydrogens (tertiary/aromatic N) is 1. The first-order valence-corrected chi connectivity index (χ1v) is 8.67. The highest BCUT2D eigenvalue weighted by Gasteiger charge is 2.14. The number of anilines is 2. The van der Waals surface area contributed by atoms with Crippen LogP contribution in [0.1, 0.15) is 37.7 Å². The zero-order chi connectivity index (χ0) is 19.4. The Morgan fingerprint density at radius 2 is 1.19 bits per heavy atom. The molecule has 2 aromatic carbocycles. The Kier molecular flexibility index (Phi) is 5.31. The number of hydrogen-bond acceptors (Lipinski definition) is 3. The number of carbonyl (C=O) groups is 2. The van der Waals surface area contributed by atoms with Gasteiger partial charge in [0.15, 0.2) is 0 Å². The molecule has 27 heavy (non-hydrogen) atoms. The third-order valence-corrected chi connectivity index (χ3v) is 4.46. The molecule has 0 radical (unpaired) electrons. The quantitative estimate of drug-likeness (QED) is 0.720. The number of amides is 2. The third kappa shape index (κ3) is 4.20. The summed E-state index contributed by atoms with van der Waals surface area (Å²) in [4.78, 5) is 29.3. The minimum Gasteiger partial charge on any atom is -0.320 e. The van der Waals surface area contributed by atoms with E-state index in [1.807, 2.05) is 63.2 Å². The number of aromatic nitrogens is 1. The van der Waals surface area contributed by atoms with Crippen molar-refractivity contribution < 1.29 is 9.59 Å². The summed E-state index contributed by atoms with van der Waals surface area (Å²) in [6.45, 7) is 5.85. The SMILES string of the molecule is Cc1ccccc1NC(=O)c1cccc(C(=O)Nc2cccc(C)c2C)n1. The molecule has 0 bridgehead atoms. The molecule has 0 saturated carbocycles. The molecule has 0 aliphatic rings. The summed E-state index contributed by atoms with van der Waals surface area (Å²) < 4.78 is 0. The van der Waals surface area contributed by atoms with E-state index in [9.17, 15) is 9.59 Å². The van der Waals surface area contributed by atoms with Gasteiger partial charge in [0, 0.05) is 11.4 Å². The predicted octanol–water partition coefficient (Wildman–Crippen LogP) is 4.51. The Morgan fingerprint density at radius 3 is 1.85 bits per heavy atom. The van der Waals surface area contributed by atoms with Crippen LogP contribution in [-0.4, -0.2) is 16.8 Å². The number of pyridine rings is 1. The van der Waals surface area contributed by atoms with Crippen LogP contribution in [0, 0.1) is 20.8 Å². The molecule has 2 amide bonds. The summed E-state index contributed by atoms with van der Waals surface area (Å²) >= 11 is 0. The van der Waals surface area contributed by atoms with Crippen LogP contribution in [0.3, 0.4) is 0 Å². The van der Waals surface area contributed by atoms with Gasteiger partial charge in [0.2, 0.25) is 0 Å². The van der Waals surface area contributed by atoms with E-state index < -0.39 is 0 Å². The minimum absolute atomic E-state index is 0.187. The monoisotopic (exact) mass is 359 g/mol. The maximum atomic E-state index is 12.6. The second-order valence-electron chi connectivity index (χ2n) is 6.38. The predicted molar refractivity (Wildman–Crippen MR) is 107 cm³/mol. The maximum Gasteiger partial charge on any atom is 0.274 e. The van der Waals surface area contributed by atoms with E-state index in [4.69, 9.17) is 0 Å². The second-order valence-corrected chi connectivity index (χ2v) is 6.38. The molecule has 5 nitrogen and oxygen atoms in total. The van der Waals surface area contributed by atoms with Gasteiger partial charge in [0.1, 0.15) is 11.4 Å². The molecule has 3 rings (SSSR count). The summed E-state index contributed by atoms with van der Waals surface area (Å²) in [5.74, 6) is -0.708. The number of para-hydroxylation sites is 1. The highest BCUT2D eigenvalue weighted by atomic mass is 16.2. The molecule has 0 aliphatic heterocycles. The first kappa shape index (κ1) is 18.3. The smallest absolute Gasteiger partial charge is 0.274 e. The van der Waals surface area contributed by atoms with E-state index in [0.29, 0.717) is 0 Å². The molecule has 1 heterocycles. The molecule has 3 aromatic rings. The van der Waals surface area contributed by atoms with Crippen molar-refractivity contribution in [1.29, 1.82) is 0 Å². The summed E-state index contributed by atoms with van der Waals surface area (Å²) in [5.41, 5.74) is 4.87. The first-order valence-electron chi connectivity index (χ1n) is 8.67. The van der Waals surface area contributed by atoms with Crippen molar-refractivity contribution in [2.24, 2.45) is 0 Å². The normalized spacial score (nSPS) is 10.3. The zero-order valence-corrected chi connectivity index (χ0v) is 15.5. The van der Waals surface area contributed by atoms with Gasteiger partial charge >= 0.3 is 0 Å². The molecule has 1 aromatic heterocycles. The highest BCUT2D eigenvalue weighted by Crippen LogP contribution is 2.19. The zero-order valence-electron chi connectivity index (χ0n) is 15.5. The highest BCUT2D eigenvalue weighted by molar-refractivity contribution is 6.06. The van der Waals surface area contributed by atoms with Gasteiger partial charge in [-0.2, -0.15) is 0 Å². The first-order chi connectivity index (χ1) is 13.0. The largest absolute Gasteiger partial charge is 0.320 e. The molecule has 0 atom stereocenters. The van der Waals surface area contributed by atoms with Gasteiger partial charge in [0.25, 0.3) is 11.8 Å². The lowest BCUT2D eigenvalue weighted by Crippen LogP contribution is -2.19. The number of hydrogen-bond donors (Lipinski definition) is 2. The fourth-order valence-electron chi connectivity index (χ4n) is 2.66. The fraction of sp³-hybridized carbons (Fsp3) is 0.136. The lowest BCUT2D eigenvalue weighted by atomic mass is 10.1. The maximum absolute atomic E-state index is 12.6. The van der Waals surface area contributed by atoms with Crippen molar-refractivity contribution in [2.75, 3.05) is 10.6 Å². The van der Waals surface area contributed by atoms with Crippen molar-refractivity contribution in [3.05, 3.63) is 88.7 Å². The summed E-state index contributed by atoms with van der Waals surface area (Å²) in [5, 5.41) is 5.68. The van der Waals surface area contributed by atoms with E-state index in [0.717, 1.165) is 28.1 Å². The molecule has 0 aliphatic carbocycles. The van der Waals surface area contributed by atoms with E-state index >= 15 is 0 Å². The number of benzene rings is 2. The Hall–Kier alpha value is -3.47. The van der Waals surface area contributed by atoms with Crippen LogP contribution in [0.4, 0.5) is 11.4 Å². The molecule has 0 spiro atoms. The van der Waals surface area contributed by atoms with Crippen molar-refractivity contribution in [3.63, 3.8) is 0 Å². The van der Waals surface area contributed by atoms with Gasteiger partial charge in [-0.3, -0.25) is 9.59 Å². The van der Waals surface area contributed by atoms with Gasteiger partial charge in [-0.15, -0.1) is 0 Å². The van der Waals surface area contributed by atoms with Gasteiger partial charge < -0.3 is 10.6 Å². The van der Waals surface area contributed by atoms with E-state index in [1.165, 1.54) is 0 Å². The molecule has 5 heteroatoms. The fourth-order valence-corrected chi connectivity index (χ4v) is 2.66. The van der Waals surface area contributed by atoms with Gasteiger partial charge in [0.05, 0.1) is 0 Å². The molecular formula is C22H21N3O2. The Bertz CT molecular complexity index is 1010. The number of rotatable bonds is 4. The Balaban J connectivity index is 1.78. The lowest BCUT2D eigenvalue weighted by molar-refractivity contribution is 0.101. The van der Waals surface area contributed by atoms with Crippen LogP contribution in [0.15, 0.2) is 60.7 Å². The van der Waals surface area contributed by atoms with Crippen LogP contribution in [0.25, 0.3) is 0 Å². The minimum atomic E-state index is -0.356. The van der Waals surface area contributed by atoms with Crippen LogP contribution in [0.5, 0.6) is 0 Å². The lowest BCUT2D eigenvalue weighted by Gasteiger charge is -2.11. The third-order valence-electron chi connectivity index (χ3n) is 4.46.